The van der Waals surface area contributed by atoms with E-state index in [-0.39, 0.29) is 11.8 Å². The Morgan fingerprint density at radius 3 is 2.24 bits per heavy atom. The van der Waals surface area contributed by atoms with Gasteiger partial charge >= 0.3 is 5.97 Å². The number of carboxylic acids is 1. The largest absolute Gasteiger partial charge is 0.481 e. The van der Waals surface area contributed by atoms with E-state index in [9.17, 15) is 14.7 Å². The number of hydrogen-bond acceptors (Lipinski definition) is 2. The summed E-state index contributed by atoms with van der Waals surface area (Å²) in [5.74, 6) is -1.30. The highest BCUT2D eigenvalue weighted by molar-refractivity contribution is 5.95. The number of carboxylic acid groups (broad SMARTS) is 1. The van der Waals surface area contributed by atoms with E-state index in [1.165, 1.54) is 5.56 Å². The Bertz CT molecular complexity index is 521. The van der Waals surface area contributed by atoms with Crippen LogP contribution in [0.2, 0.25) is 0 Å². The van der Waals surface area contributed by atoms with Gasteiger partial charge in [0.25, 0.3) is 0 Å². The van der Waals surface area contributed by atoms with Crippen molar-refractivity contribution in [3.63, 3.8) is 0 Å². The Labute approximate surface area is 125 Å². The molecule has 4 nitrogen and oxygen atoms in total. The van der Waals surface area contributed by atoms with Crippen LogP contribution < -0.4 is 5.32 Å². The van der Waals surface area contributed by atoms with E-state index < -0.39 is 17.8 Å². The molecule has 114 valence electrons. The average Bonchev–Trinajstić information content (AvgIpc) is 2.82. The minimum absolute atomic E-state index is 0.177. The van der Waals surface area contributed by atoms with Gasteiger partial charge in [0.2, 0.25) is 5.91 Å². The molecule has 2 rings (SSSR count). The van der Waals surface area contributed by atoms with Gasteiger partial charge in [-0.1, -0.05) is 32.9 Å². The van der Waals surface area contributed by atoms with Crippen LogP contribution in [0.25, 0.3) is 0 Å². The first kappa shape index (κ1) is 15.5. The number of carbonyl (C=O) groups is 2. The topological polar surface area (TPSA) is 66.4 Å². The molecular weight excluding hydrogens is 266 g/mol. The van der Waals surface area contributed by atoms with Crippen LogP contribution in [-0.4, -0.2) is 17.0 Å². The summed E-state index contributed by atoms with van der Waals surface area (Å²) in [4.78, 5) is 23.6. The van der Waals surface area contributed by atoms with Crippen molar-refractivity contribution in [1.29, 1.82) is 0 Å². The standard InChI is InChI=1S/C17H23NO3/c1-10(2)12-4-6-13(7-5-12)18-16(19)14-8-11(3)9-15(14)17(20)21/h4-7,10-11,14-15H,8-9H2,1-3H3,(H,18,19)(H,20,21)/t11?,14-,15+/m0/s1. The molecule has 3 atom stereocenters. The molecule has 1 aromatic rings. The molecule has 0 radical (unpaired) electrons. The third-order valence-electron chi connectivity index (χ3n) is 4.30. The first-order chi connectivity index (χ1) is 9.88. The van der Waals surface area contributed by atoms with Gasteiger partial charge in [0.1, 0.15) is 0 Å². The van der Waals surface area contributed by atoms with Gasteiger partial charge in [-0.3, -0.25) is 9.59 Å². The van der Waals surface area contributed by atoms with Crippen molar-refractivity contribution in [2.24, 2.45) is 17.8 Å². The van der Waals surface area contributed by atoms with E-state index in [0.717, 1.165) is 5.69 Å². The Morgan fingerprint density at radius 2 is 1.71 bits per heavy atom. The monoisotopic (exact) mass is 289 g/mol. The van der Waals surface area contributed by atoms with Gasteiger partial charge in [-0.15, -0.1) is 0 Å². The van der Waals surface area contributed by atoms with Gasteiger partial charge < -0.3 is 10.4 Å². The number of hydrogen-bond donors (Lipinski definition) is 2. The fourth-order valence-corrected chi connectivity index (χ4v) is 3.04. The second kappa shape index (κ2) is 6.29. The lowest BCUT2D eigenvalue weighted by Gasteiger charge is -2.16. The number of anilines is 1. The van der Waals surface area contributed by atoms with Gasteiger partial charge in [-0.05, 0) is 42.4 Å². The highest BCUT2D eigenvalue weighted by Crippen LogP contribution is 2.37. The molecule has 1 saturated carbocycles. The quantitative estimate of drug-likeness (QED) is 0.891. The molecule has 0 saturated heterocycles. The van der Waals surface area contributed by atoms with E-state index in [4.69, 9.17) is 0 Å². The molecule has 1 unspecified atom stereocenters. The van der Waals surface area contributed by atoms with Crippen LogP contribution >= 0.6 is 0 Å². The lowest BCUT2D eigenvalue weighted by molar-refractivity contribution is -0.145. The van der Waals surface area contributed by atoms with Crippen LogP contribution in [0.5, 0.6) is 0 Å². The third kappa shape index (κ3) is 3.63. The van der Waals surface area contributed by atoms with E-state index in [1.54, 1.807) is 0 Å². The minimum Gasteiger partial charge on any atom is -0.481 e. The fraction of sp³-hybridized carbons (Fsp3) is 0.529. The van der Waals surface area contributed by atoms with Gasteiger partial charge in [-0.25, -0.2) is 0 Å². The molecule has 21 heavy (non-hydrogen) atoms. The normalized spacial score (nSPS) is 25.0. The molecule has 1 amide bonds. The summed E-state index contributed by atoms with van der Waals surface area (Å²) in [6.45, 7) is 6.23. The van der Waals surface area contributed by atoms with E-state index in [0.29, 0.717) is 18.8 Å². The molecule has 1 fully saturated rings. The van der Waals surface area contributed by atoms with Gasteiger partial charge in [-0.2, -0.15) is 0 Å². The number of amides is 1. The van der Waals surface area contributed by atoms with Crippen molar-refractivity contribution in [1.82, 2.24) is 0 Å². The summed E-state index contributed by atoms with van der Waals surface area (Å²) in [6, 6.07) is 7.74. The van der Waals surface area contributed by atoms with Crippen LogP contribution in [0.1, 0.15) is 45.1 Å². The SMILES string of the molecule is CC1C[C@H](C(=O)Nc2ccc(C(C)C)cc2)[C@H](C(=O)O)C1. The molecule has 1 aromatic carbocycles. The fourth-order valence-electron chi connectivity index (χ4n) is 3.04. The number of rotatable bonds is 4. The summed E-state index contributed by atoms with van der Waals surface area (Å²) in [5, 5.41) is 12.1. The molecule has 0 heterocycles. The van der Waals surface area contributed by atoms with Crippen molar-refractivity contribution in [2.45, 2.75) is 39.5 Å². The van der Waals surface area contributed by atoms with Crippen LogP contribution in [-0.2, 0) is 9.59 Å². The number of carbonyl (C=O) groups excluding carboxylic acids is 1. The molecule has 4 heteroatoms. The van der Waals surface area contributed by atoms with Crippen LogP contribution in [0.15, 0.2) is 24.3 Å². The smallest absolute Gasteiger partial charge is 0.307 e. The average molecular weight is 289 g/mol. The lowest BCUT2D eigenvalue weighted by atomic mass is 9.95. The third-order valence-corrected chi connectivity index (χ3v) is 4.30. The van der Waals surface area contributed by atoms with Crippen molar-refractivity contribution >= 4 is 17.6 Å². The van der Waals surface area contributed by atoms with Gasteiger partial charge in [0.15, 0.2) is 0 Å². The summed E-state index contributed by atoms with van der Waals surface area (Å²) in [6.07, 6.45) is 1.23. The molecule has 0 aromatic heterocycles. The maximum Gasteiger partial charge on any atom is 0.307 e. The predicted molar refractivity (Wildman–Crippen MR) is 82.2 cm³/mol. The maximum absolute atomic E-state index is 12.3. The molecule has 1 aliphatic rings. The Kier molecular flexibility index (Phi) is 4.66. The summed E-state index contributed by atoms with van der Waals surface area (Å²) < 4.78 is 0. The zero-order valence-corrected chi connectivity index (χ0v) is 12.8. The molecule has 1 aliphatic carbocycles. The highest BCUT2D eigenvalue weighted by atomic mass is 16.4. The predicted octanol–water partition coefficient (Wildman–Crippen LogP) is 3.50. The molecule has 0 spiro atoms. The van der Waals surface area contributed by atoms with Crippen molar-refractivity contribution < 1.29 is 14.7 Å². The highest BCUT2D eigenvalue weighted by Gasteiger charge is 2.41. The lowest BCUT2D eigenvalue weighted by Crippen LogP contribution is -2.29. The number of nitrogens with one attached hydrogen (secondary N) is 1. The maximum atomic E-state index is 12.3. The molecule has 0 aliphatic heterocycles. The first-order valence-electron chi connectivity index (χ1n) is 7.52. The Morgan fingerprint density at radius 1 is 1.14 bits per heavy atom. The van der Waals surface area contributed by atoms with Gasteiger partial charge in [0, 0.05) is 5.69 Å². The minimum atomic E-state index is -0.866. The zero-order chi connectivity index (χ0) is 15.6. The second-order valence-electron chi connectivity index (χ2n) is 6.39. The second-order valence-corrected chi connectivity index (χ2v) is 6.39. The van der Waals surface area contributed by atoms with E-state index >= 15 is 0 Å². The molecule has 0 bridgehead atoms. The van der Waals surface area contributed by atoms with E-state index in [1.807, 2.05) is 31.2 Å². The number of benzene rings is 1. The van der Waals surface area contributed by atoms with E-state index in [2.05, 4.69) is 19.2 Å². The van der Waals surface area contributed by atoms with Gasteiger partial charge in [0.05, 0.1) is 11.8 Å². The first-order valence-corrected chi connectivity index (χ1v) is 7.52. The van der Waals surface area contributed by atoms with Crippen molar-refractivity contribution in [3.8, 4) is 0 Å². The van der Waals surface area contributed by atoms with Crippen molar-refractivity contribution in [2.75, 3.05) is 5.32 Å². The molecule has 2 N–H and O–H groups in total. The van der Waals surface area contributed by atoms with Crippen molar-refractivity contribution in [3.05, 3.63) is 29.8 Å². The zero-order valence-electron chi connectivity index (χ0n) is 12.8. The summed E-state index contributed by atoms with van der Waals surface area (Å²) in [5.41, 5.74) is 1.94. The Balaban J connectivity index is 2.05. The van der Waals surface area contributed by atoms with Crippen LogP contribution in [0.4, 0.5) is 5.69 Å². The molecular formula is C17H23NO3. The Hall–Kier alpha value is -1.84. The summed E-state index contributed by atoms with van der Waals surface area (Å²) in [7, 11) is 0. The van der Waals surface area contributed by atoms with Crippen LogP contribution in [0, 0.1) is 17.8 Å². The number of aliphatic carboxylic acids is 1. The summed E-state index contributed by atoms with van der Waals surface area (Å²) >= 11 is 0. The van der Waals surface area contributed by atoms with Crippen LogP contribution in [0.3, 0.4) is 0 Å².